The summed E-state index contributed by atoms with van der Waals surface area (Å²) in [7, 11) is 0. The number of hydrogen-bond acceptors (Lipinski definition) is 3. The Balaban J connectivity index is 2.03. The minimum Gasteiger partial charge on any atom is -0.454 e. The fraction of sp³-hybridized carbons (Fsp3) is 0.154. The van der Waals surface area contributed by atoms with Gasteiger partial charge < -0.3 is 4.74 Å². The zero-order chi connectivity index (χ0) is 11.4. The van der Waals surface area contributed by atoms with Gasteiger partial charge >= 0.3 is 5.97 Å². The van der Waals surface area contributed by atoms with Gasteiger partial charge in [-0.15, -0.1) is 11.3 Å². The quantitative estimate of drug-likeness (QED) is 0.755. The van der Waals surface area contributed by atoms with Crippen molar-refractivity contribution in [2.75, 3.05) is 0 Å². The number of ether oxygens (including phenoxy) is 1. The molecule has 0 saturated carbocycles. The van der Waals surface area contributed by atoms with Gasteiger partial charge in [-0.3, -0.25) is 0 Å². The molecule has 0 aliphatic heterocycles. The van der Waals surface area contributed by atoms with Gasteiger partial charge in [-0.05, 0) is 23.9 Å². The Bertz CT molecular complexity index is 448. The molecule has 1 aromatic heterocycles. The van der Waals surface area contributed by atoms with Crippen molar-refractivity contribution in [3.63, 3.8) is 0 Å². The van der Waals surface area contributed by atoms with Crippen LogP contribution < -0.4 is 0 Å². The van der Waals surface area contributed by atoms with Crippen molar-refractivity contribution in [3.05, 3.63) is 58.3 Å². The minimum atomic E-state index is -0.258. The summed E-state index contributed by atoms with van der Waals surface area (Å²) in [5, 5.41) is 1.86. The maximum Gasteiger partial charge on any atom is 0.348 e. The van der Waals surface area contributed by atoms with Gasteiger partial charge in [0.2, 0.25) is 0 Å². The number of rotatable bonds is 3. The van der Waals surface area contributed by atoms with E-state index < -0.39 is 0 Å². The van der Waals surface area contributed by atoms with Gasteiger partial charge in [0.1, 0.15) is 11.0 Å². The standard InChI is InChI=1S/C13H12O2S/c1-10(11-6-3-2-4-7-11)15-13(14)12-8-5-9-16-12/h2-10H,1H3. The number of hydrogen-bond donors (Lipinski definition) is 0. The average Bonchev–Trinajstić information content (AvgIpc) is 2.83. The summed E-state index contributed by atoms with van der Waals surface area (Å²) >= 11 is 1.39. The summed E-state index contributed by atoms with van der Waals surface area (Å²) in [5.74, 6) is -0.258. The van der Waals surface area contributed by atoms with Crippen molar-refractivity contribution in [2.24, 2.45) is 0 Å². The maximum absolute atomic E-state index is 11.7. The van der Waals surface area contributed by atoms with Crippen molar-refractivity contribution in [1.82, 2.24) is 0 Å². The smallest absolute Gasteiger partial charge is 0.348 e. The molecular weight excluding hydrogens is 220 g/mol. The van der Waals surface area contributed by atoms with Crippen LogP contribution in [0.3, 0.4) is 0 Å². The molecule has 3 heteroatoms. The van der Waals surface area contributed by atoms with E-state index in [9.17, 15) is 4.79 Å². The molecule has 82 valence electrons. The number of carbonyl (C=O) groups is 1. The maximum atomic E-state index is 11.7. The third kappa shape index (κ3) is 2.49. The zero-order valence-electron chi connectivity index (χ0n) is 8.92. The largest absolute Gasteiger partial charge is 0.454 e. The van der Waals surface area contributed by atoms with E-state index in [4.69, 9.17) is 4.74 Å². The van der Waals surface area contributed by atoms with Crippen LogP contribution in [0, 0.1) is 0 Å². The molecule has 0 saturated heterocycles. The van der Waals surface area contributed by atoms with Crippen molar-refractivity contribution in [3.8, 4) is 0 Å². The first kappa shape index (κ1) is 10.9. The molecular formula is C13H12O2S. The second kappa shape index (κ2) is 4.94. The van der Waals surface area contributed by atoms with Crippen LogP contribution >= 0.6 is 11.3 Å². The molecule has 2 nitrogen and oxygen atoms in total. The molecule has 16 heavy (non-hydrogen) atoms. The fourth-order valence-electron chi connectivity index (χ4n) is 1.41. The molecule has 0 aliphatic carbocycles. The molecule has 2 rings (SSSR count). The van der Waals surface area contributed by atoms with Crippen LogP contribution in [0.25, 0.3) is 0 Å². The Kier molecular flexibility index (Phi) is 3.37. The number of carbonyl (C=O) groups excluding carboxylic acids is 1. The van der Waals surface area contributed by atoms with Crippen LogP contribution in [0.1, 0.15) is 28.3 Å². The van der Waals surface area contributed by atoms with Crippen molar-refractivity contribution >= 4 is 17.3 Å². The van der Waals surface area contributed by atoms with Gasteiger partial charge in [-0.1, -0.05) is 36.4 Å². The Morgan fingerprint density at radius 2 is 1.94 bits per heavy atom. The molecule has 0 radical (unpaired) electrons. The minimum absolute atomic E-state index is 0.212. The van der Waals surface area contributed by atoms with Crippen LogP contribution in [-0.4, -0.2) is 5.97 Å². The summed E-state index contributed by atoms with van der Waals surface area (Å²) in [5.41, 5.74) is 1.01. The molecule has 0 amide bonds. The van der Waals surface area contributed by atoms with Crippen molar-refractivity contribution in [1.29, 1.82) is 0 Å². The van der Waals surface area contributed by atoms with E-state index in [1.165, 1.54) is 11.3 Å². The Hall–Kier alpha value is -1.61. The van der Waals surface area contributed by atoms with Crippen LogP contribution in [0.2, 0.25) is 0 Å². The van der Waals surface area contributed by atoms with Gasteiger partial charge in [0.05, 0.1) is 0 Å². The van der Waals surface area contributed by atoms with Crippen LogP contribution in [0.5, 0.6) is 0 Å². The van der Waals surface area contributed by atoms with E-state index in [1.807, 2.05) is 48.7 Å². The lowest BCUT2D eigenvalue weighted by Gasteiger charge is -2.12. The lowest BCUT2D eigenvalue weighted by Crippen LogP contribution is -2.07. The molecule has 2 aromatic rings. The highest BCUT2D eigenvalue weighted by Gasteiger charge is 2.13. The van der Waals surface area contributed by atoms with Crippen molar-refractivity contribution in [2.45, 2.75) is 13.0 Å². The molecule has 0 aliphatic rings. The predicted octanol–water partition coefficient (Wildman–Crippen LogP) is 3.67. The topological polar surface area (TPSA) is 26.3 Å². The van der Waals surface area contributed by atoms with Crippen LogP contribution in [0.4, 0.5) is 0 Å². The molecule has 0 N–H and O–H groups in total. The molecule has 1 heterocycles. The van der Waals surface area contributed by atoms with Gasteiger partial charge in [0.15, 0.2) is 0 Å². The summed E-state index contributed by atoms with van der Waals surface area (Å²) in [6.45, 7) is 1.88. The molecule has 1 aromatic carbocycles. The van der Waals surface area contributed by atoms with Gasteiger partial charge in [-0.25, -0.2) is 4.79 Å². The summed E-state index contributed by atoms with van der Waals surface area (Å²) in [4.78, 5) is 12.3. The number of esters is 1. The molecule has 1 atom stereocenters. The lowest BCUT2D eigenvalue weighted by atomic mass is 10.1. The van der Waals surface area contributed by atoms with Crippen LogP contribution in [-0.2, 0) is 4.74 Å². The monoisotopic (exact) mass is 232 g/mol. The third-order valence-electron chi connectivity index (χ3n) is 2.28. The Labute approximate surface area is 98.5 Å². The second-order valence-corrected chi connectivity index (χ2v) is 4.38. The highest BCUT2D eigenvalue weighted by molar-refractivity contribution is 7.11. The first-order valence-electron chi connectivity index (χ1n) is 5.07. The first-order chi connectivity index (χ1) is 7.77. The summed E-state index contributed by atoms with van der Waals surface area (Å²) in [6.07, 6.45) is -0.212. The second-order valence-electron chi connectivity index (χ2n) is 3.44. The molecule has 1 unspecified atom stereocenters. The lowest BCUT2D eigenvalue weighted by molar-refractivity contribution is 0.0344. The average molecular weight is 232 g/mol. The Morgan fingerprint density at radius 3 is 2.56 bits per heavy atom. The highest BCUT2D eigenvalue weighted by Crippen LogP contribution is 2.19. The summed E-state index contributed by atoms with van der Waals surface area (Å²) < 4.78 is 5.35. The third-order valence-corrected chi connectivity index (χ3v) is 3.13. The van der Waals surface area contributed by atoms with E-state index >= 15 is 0 Å². The first-order valence-corrected chi connectivity index (χ1v) is 5.95. The molecule has 0 bridgehead atoms. The van der Waals surface area contributed by atoms with Gasteiger partial charge in [0, 0.05) is 0 Å². The van der Waals surface area contributed by atoms with Gasteiger partial charge in [0.25, 0.3) is 0 Å². The normalized spacial score (nSPS) is 12.1. The molecule has 0 spiro atoms. The van der Waals surface area contributed by atoms with E-state index in [1.54, 1.807) is 6.07 Å². The van der Waals surface area contributed by atoms with E-state index in [0.717, 1.165) is 5.56 Å². The molecule has 0 fully saturated rings. The van der Waals surface area contributed by atoms with Crippen molar-refractivity contribution < 1.29 is 9.53 Å². The fourth-order valence-corrected chi connectivity index (χ4v) is 2.01. The Morgan fingerprint density at radius 1 is 1.19 bits per heavy atom. The predicted molar refractivity (Wildman–Crippen MR) is 64.6 cm³/mol. The number of thiophene rings is 1. The summed E-state index contributed by atoms with van der Waals surface area (Å²) in [6, 6.07) is 13.3. The highest BCUT2D eigenvalue weighted by atomic mass is 32.1. The number of benzene rings is 1. The van der Waals surface area contributed by atoms with Crippen LogP contribution in [0.15, 0.2) is 47.8 Å². The van der Waals surface area contributed by atoms with E-state index in [-0.39, 0.29) is 12.1 Å². The van der Waals surface area contributed by atoms with E-state index in [2.05, 4.69) is 0 Å². The SMILES string of the molecule is CC(OC(=O)c1cccs1)c1ccccc1. The van der Waals surface area contributed by atoms with E-state index in [0.29, 0.717) is 4.88 Å². The zero-order valence-corrected chi connectivity index (χ0v) is 9.74. The van der Waals surface area contributed by atoms with Gasteiger partial charge in [-0.2, -0.15) is 0 Å².